The van der Waals surface area contributed by atoms with Gasteiger partial charge in [0.15, 0.2) is 0 Å². The first-order chi connectivity index (χ1) is 9.98. The first-order valence-electron chi connectivity index (χ1n) is 8.55. The molecule has 2 saturated carbocycles. The minimum atomic E-state index is 0.670. The van der Waals surface area contributed by atoms with Crippen molar-refractivity contribution in [3.8, 4) is 0 Å². The van der Waals surface area contributed by atoms with E-state index in [0.29, 0.717) is 11.3 Å². The van der Waals surface area contributed by atoms with Gasteiger partial charge in [0.2, 0.25) is 0 Å². The van der Waals surface area contributed by atoms with Crippen LogP contribution in [0.2, 0.25) is 0 Å². The maximum atomic E-state index is 3.47. The van der Waals surface area contributed by atoms with Gasteiger partial charge in [0.1, 0.15) is 0 Å². The number of benzene rings is 1. The molecule has 0 aliphatic heterocycles. The van der Waals surface area contributed by atoms with Gasteiger partial charge in [-0.15, -0.1) is 0 Å². The number of hydrogen-bond donors (Lipinski definition) is 1. The number of hydrogen-bond acceptors (Lipinski definition) is 0. The van der Waals surface area contributed by atoms with E-state index in [0.717, 1.165) is 17.8 Å². The second-order valence-corrected chi connectivity index (χ2v) is 8.26. The van der Waals surface area contributed by atoms with Gasteiger partial charge in [-0.2, -0.15) is 0 Å². The second-order valence-electron chi connectivity index (χ2n) is 8.26. The highest BCUT2D eigenvalue weighted by molar-refractivity contribution is 5.84. The standard InChI is InChI=1S/C20H27N/c1-12-5-6-16-17(11-21-18(16)7-12)13(2)8-15-10-20(4)9-14(3)19(15)20/h5-7,11,13-15,19,21H,8-10H2,1-4H3. The van der Waals surface area contributed by atoms with Gasteiger partial charge in [-0.3, -0.25) is 0 Å². The number of aromatic amines is 1. The van der Waals surface area contributed by atoms with Crippen molar-refractivity contribution in [3.63, 3.8) is 0 Å². The van der Waals surface area contributed by atoms with Gasteiger partial charge in [-0.25, -0.2) is 0 Å². The smallest absolute Gasteiger partial charge is 0.0459 e. The molecule has 4 rings (SSSR count). The van der Waals surface area contributed by atoms with Crippen LogP contribution >= 0.6 is 0 Å². The zero-order valence-corrected chi connectivity index (χ0v) is 13.7. The number of nitrogens with one attached hydrogen (secondary N) is 1. The van der Waals surface area contributed by atoms with Crippen LogP contribution < -0.4 is 0 Å². The molecule has 2 aromatic rings. The molecule has 0 bridgehead atoms. The normalized spacial score (nSPS) is 35.9. The lowest BCUT2D eigenvalue weighted by atomic mass is 9.39. The summed E-state index contributed by atoms with van der Waals surface area (Å²) in [5.74, 6) is 3.60. The first-order valence-corrected chi connectivity index (χ1v) is 8.55. The van der Waals surface area contributed by atoms with Gasteiger partial charge >= 0.3 is 0 Å². The molecule has 5 atom stereocenters. The van der Waals surface area contributed by atoms with Crippen LogP contribution in [0.3, 0.4) is 0 Å². The third kappa shape index (κ3) is 1.89. The Balaban J connectivity index is 1.53. The highest BCUT2D eigenvalue weighted by Gasteiger charge is 2.60. The molecule has 5 unspecified atom stereocenters. The highest BCUT2D eigenvalue weighted by Crippen LogP contribution is 2.68. The van der Waals surface area contributed by atoms with Crippen molar-refractivity contribution >= 4 is 10.9 Å². The zero-order chi connectivity index (χ0) is 14.8. The van der Waals surface area contributed by atoms with Crippen molar-refractivity contribution in [2.45, 2.75) is 52.9 Å². The van der Waals surface area contributed by atoms with E-state index in [1.807, 2.05) is 0 Å². The van der Waals surface area contributed by atoms with Crippen LogP contribution in [-0.4, -0.2) is 4.98 Å². The number of H-pyrrole nitrogens is 1. The van der Waals surface area contributed by atoms with Crippen molar-refractivity contribution in [3.05, 3.63) is 35.5 Å². The minimum absolute atomic E-state index is 0.670. The fourth-order valence-corrected chi connectivity index (χ4v) is 5.82. The molecular formula is C20H27N. The summed E-state index contributed by atoms with van der Waals surface area (Å²) in [5, 5.41) is 1.43. The van der Waals surface area contributed by atoms with Gasteiger partial charge in [-0.1, -0.05) is 32.9 Å². The summed E-state index contributed by atoms with van der Waals surface area (Å²) in [6.45, 7) is 9.54. The van der Waals surface area contributed by atoms with E-state index in [-0.39, 0.29) is 0 Å². The van der Waals surface area contributed by atoms with Crippen LogP contribution in [0.15, 0.2) is 24.4 Å². The highest BCUT2D eigenvalue weighted by atomic mass is 14.7. The number of fused-ring (bicyclic) bond motifs is 2. The summed E-state index contributed by atoms with van der Waals surface area (Å²) in [7, 11) is 0. The molecule has 0 amide bonds. The molecule has 0 radical (unpaired) electrons. The fourth-order valence-electron chi connectivity index (χ4n) is 5.82. The number of rotatable bonds is 3. The summed E-state index contributed by atoms with van der Waals surface area (Å²) in [6.07, 6.45) is 6.55. The summed E-state index contributed by atoms with van der Waals surface area (Å²) in [5.41, 5.74) is 4.86. The molecule has 21 heavy (non-hydrogen) atoms. The van der Waals surface area contributed by atoms with E-state index in [1.54, 1.807) is 0 Å². The van der Waals surface area contributed by atoms with Gasteiger partial charge in [0.05, 0.1) is 0 Å². The molecule has 2 aliphatic rings. The Kier molecular flexibility index (Phi) is 2.80. The predicted octanol–water partition coefficient (Wildman–Crippen LogP) is 5.65. The SMILES string of the molecule is Cc1ccc2c(C(C)CC3CC4(C)CC(C)C34)c[nH]c2c1. The Labute approximate surface area is 128 Å². The number of aryl methyl sites for hydroxylation is 1. The molecule has 1 nitrogen and oxygen atoms in total. The molecule has 2 fully saturated rings. The monoisotopic (exact) mass is 281 g/mol. The van der Waals surface area contributed by atoms with Crippen LogP contribution in [0.4, 0.5) is 0 Å². The van der Waals surface area contributed by atoms with E-state index >= 15 is 0 Å². The average Bonchev–Trinajstić information content (AvgIpc) is 2.79. The Morgan fingerprint density at radius 3 is 2.86 bits per heavy atom. The molecule has 1 aromatic carbocycles. The van der Waals surface area contributed by atoms with Crippen molar-refractivity contribution in [1.29, 1.82) is 0 Å². The maximum Gasteiger partial charge on any atom is 0.0459 e. The molecule has 1 N–H and O–H groups in total. The lowest BCUT2D eigenvalue weighted by Gasteiger charge is -2.66. The van der Waals surface area contributed by atoms with Crippen LogP contribution in [0.1, 0.15) is 57.1 Å². The third-order valence-corrected chi connectivity index (χ3v) is 6.50. The number of aromatic nitrogens is 1. The Morgan fingerprint density at radius 1 is 1.33 bits per heavy atom. The molecule has 1 heteroatoms. The van der Waals surface area contributed by atoms with Crippen LogP contribution in [0.25, 0.3) is 10.9 Å². The first kappa shape index (κ1) is 13.4. The Morgan fingerprint density at radius 2 is 2.14 bits per heavy atom. The summed E-state index contributed by atoms with van der Waals surface area (Å²) < 4.78 is 0. The topological polar surface area (TPSA) is 15.8 Å². The molecule has 2 aliphatic carbocycles. The summed E-state index contributed by atoms with van der Waals surface area (Å²) >= 11 is 0. The molecular weight excluding hydrogens is 254 g/mol. The van der Waals surface area contributed by atoms with E-state index in [2.05, 4.69) is 57.1 Å². The van der Waals surface area contributed by atoms with Crippen LogP contribution in [0, 0.1) is 30.1 Å². The van der Waals surface area contributed by atoms with E-state index < -0.39 is 0 Å². The Hall–Kier alpha value is -1.24. The molecule has 0 spiro atoms. The van der Waals surface area contributed by atoms with Crippen LogP contribution in [-0.2, 0) is 0 Å². The molecule has 112 valence electrons. The van der Waals surface area contributed by atoms with E-state index in [1.165, 1.54) is 41.3 Å². The molecule has 1 aromatic heterocycles. The quantitative estimate of drug-likeness (QED) is 0.748. The van der Waals surface area contributed by atoms with Crippen molar-refractivity contribution in [1.82, 2.24) is 4.98 Å². The second kappa shape index (κ2) is 4.38. The average molecular weight is 281 g/mol. The van der Waals surface area contributed by atoms with E-state index in [4.69, 9.17) is 0 Å². The lowest BCUT2D eigenvalue weighted by Crippen LogP contribution is -2.58. The third-order valence-electron chi connectivity index (χ3n) is 6.50. The predicted molar refractivity (Wildman–Crippen MR) is 89.6 cm³/mol. The van der Waals surface area contributed by atoms with Crippen LogP contribution in [0.5, 0.6) is 0 Å². The largest absolute Gasteiger partial charge is 0.361 e. The van der Waals surface area contributed by atoms with Gasteiger partial charge in [0, 0.05) is 17.1 Å². The van der Waals surface area contributed by atoms with Gasteiger partial charge in [-0.05, 0) is 72.5 Å². The van der Waals surface area contributed by atoms with Crippen molar-refractivity contribution in [2.24, 2.45) is 23.2 Å². The lowest BCUT2D eigenvalue weighted by molar-refractivity contribution is -0.169. The van der Waals surface area contributed by atoms with E-state index in [9.17, 15) is 0 Å². The Bertz CT molecular complexity index is 682. The molecule has 0 saturated heterocycles. The minimum Gasteiger partial charge on any atom is -0.361 e. The summed E-state index contributed by atoms with van der Waals surface area (Å²) in [4.78, 5) is 3.47. The zero-order valence-electron chi connectivity index (χ0n) is 13.7. The van der Waals surface area contributed by atoms with Crippen molar-refractivity contribution in [2.75, 3.05) is 0 Å². The van der Waals surface area contributed by atoms with Gasteiger partial charge < -0.3 is 4.98 Å². The van der Waals surface area contributed by atoms with Gasteiger partial charge in [0.25, 0.3) is 0 Å². The van der Waals surface area contributed by atoms with Crippen molar-refractivity contribution < 1.29 is 0 Å². The summed E-state index contributed by atoms with van der Waals surface area (Å²) in [6, 6.07) is 6.80. The fraction of sp³-hybridized carbons (Fsp3) is 0.600. The maximum absolute atomic E-state index is 3.47. The molecule has 1 heterocycles.